The summed E-state index contributed by atoms with van der Waals surface area (Å²) in [5.74, 6) is -0.301. The molecule has 0 fully saturated rings. The van der Waals surface area contributed by atoms with E-state index in [9.17, 15) is 9.18 Å². The van der Waals surface area contributed by atoms with Crippen molar-refractivity contribution in [3.63, 3.8) is 0 Å². The first kappa shape index (κ1) is 17.8. The van der Waals surface area contributed by atoms with E-state index in [0.717, 1.165) is 27.7 Å². The number of carbonyl (C=O) groups excluding carboxylic acids is 1. The average molecular weight is 373 g/mol. The van der Waals surface area contributed by atoms with Gasteiger partial charge in [-0.05, 0) is 42.8 Å². The first-order chi connectivity index (χ1) is 13.6. The number of amides is 2. The number of aromatic amines is 1. The molecule has 4 nitrogen and oxygen atoms in total. The second kappa shape index (κ2) is 7.56. The van der Waals surface area contributed by atoms with Crippen molar-refractivity contribution in [3.05, 3.63) is 89.7 Å². The molecule has 0 unspecified atom stereocenters. The molecule has 0 aliphatic carbocycles. The number of urea groups is 1. The highest BCUT2D eigenvalue weighted by molar-refractivity contribution is 6.07. The van der Waals surface area contributed by atoms with Gasteiger partial charge in [0.1, 0.15) is 5.82 Å². The number of fused-ring (bicyclic) bond motifs is 1. The van der Waals surface area contributed by atoms with E-state index in [-0.39, 0.29) is 11.8 Å². The van der Waals surface area contributed by atoms with Crippen molar-refractivity contribution >= 4 is 22.6 Å². The summed E-state index contributed by atoms with van der Waals surface area (Å²) in [7, 11) is 0. The van der Waals surface area contributed by atoms with Gasteiger partial charge >= 0.3 is 6.03 Å². The lowest BCUT2D eigenvalue weighted by Crippen LogP contribution is -2.28. The molecule has 0 bridgehead atoms. The van der Waals surface area contributed by atoms with E-state index < -0.39 is 0 Å². The predicted molar refractivity (Wildman–Crippen MR) is 111 cm³/mol. The van der Waals surface area contributed by atoms with E-state index >= 15 is 0 Å². The first-order valence-corrected chi connectivity index (χ1v) is 9.07. The van der Waals surface area contributed by atoms with E-state index in [4.69, 9.17) is 0 Å². The molecule has 1 heterocycles. The van der Waals surface area contributed by atoms with Crippen LogP contribution in [0.15, 0.2) is 72.8 Å². The number of hydrogen-bond acceptors (Lipinski definition) is 1. The minimum atomic E-state index is -0.301. The smallest absolute Gasteiger partial charge is 0.319 e. The molecule has 4 rings (SSSR count). The van der Waals surface area contributed by atoms with Crippen LogP contribution in [0.25, 0.3) is 22.2 Å². The zero-order valence-electron chi connectivity index (χ0n) is 15.4. The monoisotopic (exact) mass is 373 g/mol. The maximum Gasteiger partial charge on any atom is 0.319 e. The van der Waals surface area contributed by atoms with E-state index in [1.807, 2.05) is 55.5 Å². The van der Waals surface area contributed by atoms with Gasteiger partial charge in [0.25, 0.3) is 0 Å². The van der Waals surface area contributed by atoms with Crippen molar-refractivity contribution < 1.29 is 9.18 Å². The van der Waals surface area contributed by atoms with Crippen LogP contribution in [-0.4, -0.2) is 11.0 Å². The summed E-state index contributed by atoms with van der Waals surface area (Å²) in [6.07, 6.45) is 0. The minimum absolute atomic E-state index is 0.298. The lowest BCUT2D eigenvalue weighted by molar-refractivity contribution is 0.252. The Balaban J connectivity index is 1.59. The van der Waals surface area contributed by atoms with Gasteiger partial charge in [-0.3, -0.25) is 0 Å². The number of benzene rings is 3. The second-order valence-corrected chi connectivity index (χ2v) is 6.72. The molecular weight excluding hydrogens is 353 g/mol. The molecule has 1 aromatic heterocycles. The van der Waals surface area contributed by atoms with Gasteiger partial charge in [-0.1, -0.05) is 48.0 Å². The average Bonchev–Trinajstić information content (AvgIpc) is 3.07. The molecule has 28 heavy (non-hydrogen) atoms. The van der Waals surface area contributed by atoms with Crippen molar-refractivity contribution in [3.8, 4) is 11.3 Å². The fraction of sp³-hybridized carbons (Fsp3) is 0.0870. The molecule has 140 valence electrons. The number of anilines is 1. The van der Waals surface area contributed by atoms with Gasteiger partial charge in [0.2, 0.25) is 0 Å². The number of rotatable bonds is 4. The Morgan fingerprint density at radius 2 is 1.68 bits per heavy atom. The molecule has 0 radical (unpaired) electrons. The standard InChI is InChI=1S/C23H20FN3O/c1-15-6-8-16(9-7-15)14-25-23(28)27-22-19-4-2-3-5-20(19)26-21(22)17-10-12-18(24)13-11-17/h2-13,26H,14H2,1H3,(H2,25,27,28). The second-order valence-electron chi connectivity index (χ2n) is 6.72. The Hall–Kier alpha value is -3.60. The molecule has 4 aromatic rings. The molecule has 3 aromatic carbocycles. The normalized spacial score (nSPS) is 10.8. The van der Waals surface area contributed by atoms with E-state index in [1.165, 1.54) is 17.7 Å². The molecule has 0 saturated carbocycles. The molecule has 0 spiro atoms. The third-order valence-corrected chi connectivity index (χ3v) is 4.65. The summed E-state index contributed by atoms with van der Waals surface area (Å²) in [4.78, 5) is 15.9. The van der Waals surface area contributed by atoms with Crippen LogP contribution in [0.3, 0.4) is 0 Å². The summed E-state index contributed by atoms with van der Waals surface area (Å²) in [6.45, 7) is 2.46. The zero-order valence-corrected chi connectivity index (χ0v) is 15.4. The van der Waals surface area contributed by atoms with Crippen molar-refractivity contribution in [1.29, 1.82) is 0 Å². The van der Waals surface area contributed by atoms with Crippen LogP contribution in [0.1, 0.15) is 11.1 Å². The number of halogens is 1. The van der Waals surface area contributed by atoms with Gasteiger partial charge in [-0.25, -0.2) is 9.18 Å². The largest absolute Gasteiger partial charge is 0.353 e. The van der Waals surface area contributed by atoms with Crippen molar-refractivity contribution in [2.75, 3.05) is 5.32 Å². The topological polar surface area (TPSA) is 56.9 Å². The van der Waals surface area contributed by atoms with Gasteiger partial charge in [0, 0.05) is 23.0 Å². The molecule has 2 amide bonds. The number of aromatic nitrogens is 1. The van der Waals surface area contributed by atoms with Gasteiger partial charge < -0.3 is 15.6 Å². The first-order valence-electron chi connectivity index (χ1n) is 9.07. The number of carbonyl (C=O) groups is 1. The highest BCUT2D eigenvalue weighted by atomic mass is 19.1. The molecule has 0 saturated heterocycles. The van der Waals surface area contributed by atoms with Gasteiger partial charge in [-0.15, -0.1) is 0 Å². The number of hydrogen-bond donors (Lipinski definition) is 3. The molecule has 0 aliphatic rings. The number of aryl methyl sites for hydroxylation is 1. The number of nitrogens with one attached hydrogen (secondary N) is 3. The van der Waals surface area contributed by atoms with Crippen molar-refractivity contribution in [2.45, 2.75) is 13.5 Å². The summed E-state index contributed by atoms with van der Waals surface area (Å²) >= 11 is 0. The lowest BCUT2D eigenvalue weighted by Gasteiger charge is -2.10. The van der Waals surface area contributed by atoms with Crippen LogP contribution in [0, 0.1) is 12.7 Å². The third-order valence-electron chi connectivity index (χ3n) is 4.65. The highest BCUT2D eigenvalue weighted by Gasteiger charge is 2.15. The van der Waals surface area contributed by atoms with Crippen LogP contribution < -0.4 is 10.6 Å². The molecular formula is C23H20FN3O. The molecule has 3 N–H and O–H groups in total. The van der Waals surface area contributed by atoms with Gasteiger partial charge in [-0.2, -0.15) is 0 Å². The SMILES string of the molecule is Cc1ccc(CNC(=O)Nc2c(-c3ccc(F)cc3)[nH]c3ccccc23)cc1. The van der Waals surface area contributed by atoms with Crippen molar-refractivity contribution in [1.82, 2.24) is 10.3 Å². The van der Waals surface area contributed by atoms with Crippen molar-refractivity contribution in [2.24, 2.45) is 0 Å². The summed E-state index contributed by atoms with van der Waals surface area (Å²) in [5.41, 5.74) is 5.31. The van der Waals surface area contributed by atoms with E-state index in [2.05, 4.69) is 15.6 Å². The summed E-state index contributed by atoms with van der Waals surface area (Å²) in [5, 5.41) is 6.73. The Bertz CT molecular complexity index is 1120. The third kappa shape index (κ3) is 3.74. The quantitative estimate of drug-likeness (QED) is 0.428. The van der Waals surface area contributed by atoms with Crippen LogP contribution >= 0.6 is 0 Å². The van der Waals surface area contributed by atoms with Gasteiger partial charge in [0.05, 0.1) is 11.4 Å². The summed E-state index contributed by atoms with van der Waals surface area (Å²) < 4.78 is 13.3. The fourth-order valence-electron chi connectivity index (χ4n) is 3.15. The Morgan fingerprint density at radius 3 is 2.43 bits per heavy atom. The lowest BCUT2D eigenvalue weighted by atomic mass is 10.1. The van der Waals surface area contributed by atoms with Crippen LogP contribution in [0.4, 0.5) is 14.9 Å². The zero-order chi connectivity index (χ0) is 19.5. The Labute approximate surface area is 162 Å². The molecule has 5 heteroatoms. The maximum absolute atomic E-state index is 13.3. The molecule has 0 aliphatic heterocycles. The van der Waals surface area contributed by atoms with Crippen LogP contribution in [0.5, 0.6) is 0 Å². The Morgan fingerprint density at radius 1 is 0.964 bits per heavy atom. The fourth-order valence-corrected chi connectivity index (χ4v) is 3.15. The maximum atomic E-state index is 13.3. The predicted octanol–water partition coefficient (Wildman–Crippen LogP) is 5.60. The van der Waals surface area contributed by atoms with Crippen LogP contribution in [-0.2, 0) is 6.54 Å². The minimum Gasteiger partial charge on any atom is -0.353 e. The Kier molecular flexibility index (Phi) is 4.81. The van der Waals surface area contributed by atoms with Crippen LogP contribution in [0.2, 0.25) is 0 Å². The van der Waals surface area contributed by atoms with Gasteiger partial charge in [0.15, 0.2) is 0 Å². The highest BCUT2D eigenvalue weighted by Crippen LogP contribution is 2.35. The van der Waals surface area contributed by atoms with E-state index in [0.29, 0.717) is 12.2 Å². The summed E-state index contributed by atoms with van der Waals surface area (Å²) in [6, 6.07) is 21.6. The molecule has 0 atom stereocenters. The number of para-hydroxylation sites is 1. The van der Waals surface area contributed by atoms with E-state index in [1.54, 1.807) is 12.1 Å². The number of H-pyrrole nitrogens is 1.